The van der Waals surface area contributed by atoms with Gasteiger partial charge in [0.25, 0.3) is 0 Å². The summed E-state index contributed by atoms with van der Waals surface area (Å²) in [6, 6.07) is 8.16. The van der Waals surface area contributed by atoms with Crippen LogP contribution in [0.15, 0.2) is 28.7 Å². The Morgan fingerprint density at radius 2 is 1.95 bits per heavy atom. The molecule has 110 valence electrons. The van der Waals surface area contributed by atoms with E-state index in [4.69, 9.17) is 9.15 Å². The van der Waals surface area contributed by atoms with Crippen molar-refractivity contribution in [3.05, 3.63) is 35.6 Å². The third-order valence-corrected chi connectivity index (χ3v) is 3.78. The second kappa shape index (κ2) is 6.42. The van der Waals surface area contributed by atoms with Crippen LogP contribution in [0.25, 0.3) is 11.0 Å². The van der Waals surface area contributed by atoms with Crippen LogP contribution in [0.4, 0.5) is 0 Å². The van der Waals surface area contributed by atoms with Gasteiger partial charge in [0.05, 0.1) is 18.8 Å². The van der Waals surface area contributed by atoms with E-state index in [0.717, 1.165) is 36.2 Å². The Kier molecular flexibility index (Phi) is 4.84. The summed E-state index contributed by atoms with van der Waals surface area (Å²) in [4.78, 5) is 0. The lowest BCUT2D eigenvalue weighted by Crippen LogP contribution is -2.23. The Morgan fingerprint density at radius 1 is 1.20 bits per heavy atom. The summed E-state index contributed by atoms with van der Waals surface area (Å²) in [5, 5.41) is 4.49. The lowest BCUT2D eigenvalue weighted by molar-refractivity contribution is -0.0317. The summed E-state index contributed by atoms with van der Waals surface area (Å²) < 4.78 is 12.0. The number of fused-ring (bicyclic) bond motifs is 1. The largest absolute Gasteiger partial charge is 0.459 e. The molecule has 3 nitrogen and oxygen atoms in total. The molecule has 0 unspecified atom stereocenters. The van der Waals surface area contributed by atoms with Gasteiger partial charge in [-0.05, 0) is 32.9 Å². The highest BCUT2D eigenvalue weighted by Crippen LogP contribution is 2.28. The van der Waals surface area contributed by atoms with Crippen LogP contribution in [-0.4, -0.2) is 12.1 Å². The zero-order valence-corrected chi connectivity index (χ0v) is 13.0. The number of hydrogen-bond donors (Lipinski definition) is 1. The molecule has 2 rings (SSSR count). The number of para-hydroxylation sites is 1. The fourth-order valence-electron chi connectivity index (χ4n) is 2.06. The molecule has 0 atom stereocenters. The van der Waals surface area contributed by atoms with Crippen LogP contribution in [0.5, 0.6) is 0 Å². The zero-order valence-electron chi connectivity index (χ0n) is 13.0. The second-order valence-corrected chi connectivity index (χ2v) is 5.68. The van der Waals surface area contributed by atoms with E-state index in [9.17, 15) is 0 Å². The van der Waals surface area contributed by atoms with Crippen LogP contribution >= 0.6 is 0 Å². The van der Waals surface area contributed by atoms with Crippen molar-refractivity contribution in [2.24, 2.45) is 0 Å². The third kappa shape index (κ3) is 3.41. The summed E-state index contributed by atoms with van der Waals surface area (Å²) in [5.41, 5.74) is 2.00. The SMILES string of the molecule is CCNCc1oc2ccccc2c1COC(C)(C)CC. The van der Waals surface area contributed by atoms with Gasteiger partial charge < -0.3 is 14.5 Å². The number of rotatable bonds is 7. The molecule has 1 N–H and O–H groups in total. The summed E-state index contributed by atoms with van der Waals surface area (Å²) in [7, 11) is 0. The van der Waals surface area contributed by atoms with E-state index < -0.39 is 0 Å². The summed E-state index contributed by atoms with van der Waals surface area (Å²) in [6.45, 7) is 10.8. The van der Waals surface area contributed by atoms with Gasteiger partial charge in [0.2, 0.25) is 0 Å². The first kappa shape index (κ1) is 15.1. The van der Waals surface area contributed by atoms with Crippen LogP contribution in [0.3, 0.4) is 0 Å². The van der Waals surface area contributed by atoms with E-state index in [-0.39, 0.29) is 5.60 Å². The van der Waals surface area contributed by atoms with Crippen LogP contribution in [0.1, 0.15) is 45.4 Å². The molecule has 1 aromatic carbocycles. The van der Waals surface area contributed by atoms with Crippen molar-refractivity contribution in [3.8, 4) is 0 Å². The maximum absolute atomic E-state index is 6.06. The smallest absolute Gasteiger partial charge is 0.134 e. The highest BCUT2D eigenvalue weighted by Gasteiger charge is 2.19. The minimum Gasteiger partial charge on any atom is -0.459 e. The minimum atomic E-state index is -0.103. The fraction of sp³-hybridized carbons (Fsp3) is 0.529. The predicted octanol–water partition coefficient (Wildman–Crippen LogP) is 4.25. The summed E-state index contributed by atoms with van der Waals surface area (Å²) in [6.07, 6.45) is 0.991. The maximum Gasteiger partial charge on any atom is 0.134 e. The quantitative estimate of drug-likeness (QED) is 0.820. The highest BCUT2D eigenvalue weighted by atomic mass is 16.5. The molecule has 0 bridgehead atoms. The molecule has 0 aliphatic carbocycles. The van der Waals surface area contributed by atoms with Gasteiger partial charge >= 0.3 is 0 Å². The van der Waals surface area contributed by atoms with Gasteiger partial charge in [-0.2, -0.15) is 0 Å². The van der Waals surface area contributed by atoms with Gasteiger partial charge in [-0.15, -0.1) is 0 Å². The van der Waals surface area contributed by atoms with Gasteiger partial charge in [0.1, 0.15) is 11.3 Å². The van der Waals surface area contributed by atoms with E-state index in [1.807, 2.05) is 18.2 Å². The minimum absolute atomic E-state index is 0.103. The molecule has 3 heteroatoms. The van der Waals surface area contributed by atoms with Crippen LogP contribution in [0, 0.1) is 0 Å². The van der Waals surface area contributed by atoms with Crippen molar-refractivity contribution < 1.29 is 9.15 Å². The summed E-state index contributed by atoms with van der Waals surface area (Å²) >= 11 is 0. The predicted molar refractivity (Wildman–Crippen MR) is 82.8 cm³/mol. The first-order valence-electron chi connectivity index (χ1n) is 7.41. The van der Waals surface area contributed by atoms with Crippen molar-refractivity contribution in [3.63, 3.8) is 0 Å². The van der Waals surface area contributed by atoms with E-state index in [0.29, 0.717) is 6.61 Å². The Labute approximate surface area is 121 Å². The Hall–Kier alpha value is -1.32. The number of hydrogen-bond acceptors (Lipinski definition) is 3. The van der Waals surface area contributed by atoms with Crippen LogP contribution in [-0.2, 0) is 17.9 Å². The molecule has 2 aromatic rings. The van der Waals surface area contributed by atoms with E-state index in [1.165, 1.54) is 5.56 Å². The van der Waals surface area contributed by atoms with Gasteiger partial charge in [-0.1, -0.05) is 32.0 Å². The van der Waals surface area contributed by atoms with Crippen molar-refractivity contribution in [2.75, 3.05) is 6.54 Å². The van der Waals surface area contributed by atoms with Crippen molar-refractivity contribution in [1.29, 1.82) is 0 Å². The number of furan rings is 1. The molecule has 0 fully saturated rings. The molecule has 0 aliphatic rings. The van der Waals surface area contributed by atoms with E-state index in [2.05, 4.69) is 39.1 Å². The molecule has 0 spiro atoms. The summed E-state index contributed by atoms with van der Waals surface area (Å²) in [5.74, 6) is 0.986. The van der Waals surface area contributed by atoms with Crippen molar-refractivity contribution in [2.45, 2.75) is 52.9 Å². The number of nitrogens with one attached hydrogen (secondary N) is 1. The van der Waals surface area contributed by atoms with E-state index >= 15 is 0 Å². The highest BCUT2D eigenvalue weighted by molar-refractivity contribution is 5.82. The zero-order chi connectivity index (χ0) is 14.6. The topological polar surface area (TPSA) is 34.4 Å². The molecular formula is C17H25NO2. The lowest BCUT2D eigenvalue weighted by atomic mass is 10.1. The molecule has 0 amide bonds. The molecule has 0 aliphatic heterocycles. The molecule has 0 radical (unpaired) electrons. The molecular weight excluding hydrogens is 250 g/mol. The molecule has 1 heterocycles. The fourth-order valence-corrected chi connectivity index (χ4v) is 2.06. The molecule has 0 saturated heterocycles. The average molecular weight is 275 g/mol. The second-order valence-electron chi connectivity index (χ2n) is 5.68. The Bertz CT molecular complexity index is 557. The average Bonchev–Trinajstić information content (AvgIpc) is 2.80. The Morgan fingerprint density at radius 3 is 2.65 bits per heavy atom. The van der Waals surface area contributed by atoms with Crippen molar-refractivity contribution >= 4 is 11.0 Å². The first-order valence-corrected chi connectivity index (χ1v) is 7.41. The van der Waals surface area contributed by atoms with Crippen molar-refractivity contribution in [1.82, 2.24) is 5.32 Å². The molecule has 20 heavy (non-hydrogen) atoms. The standard InChI is InChI=1S/C17H25NO2/c1-5-17(3,4)19-12-14-13-9-7-8-10-15(13)20-16(14)11-18-6-2/h7-10,18H,5-6,11-12H2,1-4H3. The van der Waals surface area contributed by atoms with Gasteiger partial charge in [-0.25, -0.2) is 0 Å². The molecule has 1 aromatic heterocycles. The van der Waals surface area contributed by atoms with Gasteiger partial charge in [0.15, 0.2) is 0 Å². The van der Waals surface area contributed by atoms with Crippen LogP contribution in [0.2, 0.25) is 0 Å². The number of benzene rings is 1. The molecule has 0 saturated carbocycles. The third-order valence-electron chi connectivity index (χ3n) is 3.78. The number of ether oxygens (including phenoxy) is 1. The Balaban J connectivity index is 2.28. The normalized spacial score (nSPS) is 12.2. The van der Waals surface area contributed by atoms with Gasteiger partial charge in [-0.3, -0.25) is 0 Å². The van der Waals surface area contributed by atoms with Crippen LogP contribution < -0.4 is 5.32 Å². The monoisotopic (exact) mass is 275 g/mol. The lowest BCUT2D eigenvalue weighted by Gasteiger charge is -2.23. The maximum atomic E-state index is 6.06. The first-order chi connectivity index (χ1) is 9.57. The van der Waals surface area contributed by atoms with E-state index in [1.54, 1.807) is 0 Å². The van der Waals surface area contributed by atoms with Gasteiger partial charge in [0, 0.05) is 10.9 Å².